The summed E-state index contributed by atoms with van der Waals surface area (Å²) in [4.78, 5) is 2.54. The lowest BCUT2D eigenvalue weighted by Crippen LogP contribution is -2.40. The van der Waals surface area contributed by atoms with Crippen molar-refractivity contribution in [2.75, 3.05) is 57.1 Å². The SMILES string of the molecule is Nc1ccccc1NCC1(c2ccc(OCCCN3CCCC3)cc2)CCOCC1. The maximum atomic E-state index is 6.13. The largest absolute Gasteiger partial charge is 0.494 e. The quantitative estimate of drug-likeness (QED) is 0.478. The van der Waals surface area contributed by atoms with Crippen LogP contribution in [0.4, 0.5) is 11.4 Å². The molecule has 0 unspecified atom stereocenters. The average molecular weight is 410 g/mol. The van der Waals surface area contributed by atoms with E-state index in [-0.39, 0.29) is 5.41 Å². The second-order valence-corrected chi connectivity index (χ2v) is 8.61. The Morgan fingerprint density at radius 3 is 2.47 bits per heavy atom. The van der Waals surface area contributed by atoms with Crippen molar-refractivity contribution in [1.29, 1.82) is 0 Å². The summed E-state index contributed by atoms with van der Waals surface area (Å²) in [6.45, 7) is 6.87. The first kappa shape index (κ1) is 21.0. The molecule has 3 N–H and O–H groups in total. The monoisotopic (exact) mass is 409 g/mol. The summed E-state index contributed by atoms with van der Waals surface area (Å²) in [6.07, 6.45) is 5.79. The van der Waals surface area contributed by atoms with Crippen LogP contribution < -0.4 is 15.8 Å². The molecule has 162 valence electrons. The number of hydrogen-bond donors (Lipinski definition) is 2. The number of nitrogens with zero attached hydrogens (tertiary/aromatic N) is 1. The van der Waals surface area contributed by atoms with E-state index >= 15 is 0 Å². The van der Waals surface area contributed by atoms with Crippen molar-refractivity contribution in [2.45, 2.75) is 37.5 Å². The summed E-state index contributed by atoms with van der Waals surface area (Å²) < 4.78 is 11.7. The fourth-order valence-corrected chi connectivity index (χ4v) is 4.64. The van der Waals surface area contributed by atoms with Crippen molar-refractivity contribution >= 4 is 11.4 Å². The lowest BCUT2D eigenvalue weighted by molar-refractivity contribution is 0.0544. The molecule has 0 radical (unpaired) electrons. The number of anilines is 2. The highest BCUT2D eigenvalue weighted by Crippen LogP contribution is 2.36. The smallest absolute Gasteiger partial charge is 0.119 e. The van der Waals surface area contributed by atoms with Gasteiger partial charge in [0.15, 0.2) is 0 Å². The Bertz CT molecular complexity index is 781. The third-order valence-corrected chi connectivity index (χ3v) is 6.58. The molecule has 4 rings (SSSR count). The van der Waals surface area contributed by atoms with E-state index in [2.05, 4.69) is 34.5 Å². The normalized spacial score (nSPS) is 18.9. The molecule has 2 aromatic carbocycles. The van der Waals surface area contributed by atoms with Crippen molar-refractivity contribution in [2.24, 2.45) is 0 Å². The molecule has 5 heteroatoms. The Morgan fingerprint density at radius 1 is 1.00 bits per heavy atom. The fraction of sp³-hybridized carbons (Fsp3) is 0.520. The highest BCUT2D eigenvalue weighted by atomic mass is 16.5. The first-order chi connectivity index (χ1) is 14.8. The molecule has 0 aliphatic carbocycles. The minimum atomic E-state index is 0.0504. The van der Waals surface area contributed by atoms with Crippen LogP contribution in [0, 0.1) is 0 Å². The van der Waals surface area contributed by atoms with E-state index in [0.717, 1.165) is 69.3 Å². The van der Waals surface area contributed by atoms with Gasteiger partial charge < -0.3 is 25.4 Å². The van der Waals surface area contributed by atoms with Crippen LogP contribution in [0.25, 0.3) is 0 Å². The van der Waals surface area contributed by atoms with Crippen LogP contribution in [-0.4, -0.2) is 50.9 Å². The van der Waals surface area contributed by atoms with Gasteiger partial charge in [-0.25, -0.2) is 0 Å². The van der Waals surface area contributed by atoms with Gasteiger partial charge in [-0.3, -0.25) is 0 Å². The van der Waals surface area contributed by atoms with Crippen molar-refractivity contribution in [1.82, 2.24) is 4.90 Å². The number of benzene rings is 2. The molecule has 2 fully saturated rings. The maximum Gasteiger partial charge on any atom is 0.119 e. The van der Waals surface area contributed by atoms with Gasteiger partial charge in [-0.2, -0.15) is 0 Å². The van der Waals surface area contributed by atoms with Crippen molar-refractivity contribution in [3.05, 3.63) is 54.1 Å². The number of nitrogen functional groups attached to an aromatic ring is 1. The van der Waals surface area contributed by atoms with Crippen LogP contribution in [-0.2, 0) is 10.2 Å². The lowest BCUT2D eigenvalue weighted by atomic mass is 9.74. The second-order valence-electron chi connectivity index (χ2n) is 8.61. The van der Waals surface area contributed by atoms with E-state index in [0.29, 0.717) is 0 Å². The molecule has 0 saturated carbocycles. The molecule has 2 saturated heterocycles. The van der Waals surface area contributed by atoms with E-state index in [1.807, 2.05) is 24.3 Å². The van der Waals surface area contributed by atoms with Gasteiger partial charge in [-0.1, -0.05) is 24.3 Å². The zero-order chi connectivity index (χ0) is 20.7. The summed E-state index contributed by atoms with van der Waals surface area (Å²) in [5.74, 6) is 0.961. The second kappa shape index (κ2) is 10.2. The van der Waals surface area contributed by atoms with Crippen molar-refractivity contribution < 1.29 is 9.47 Å². The van der Waals surface area contributed by atoms with Crippen LogP contribution in [0.15, 0.2) is 48.5 Å². The van der Waals surface area contributed by atoms with Gasteiger partial charge in [-0.05, 0) is 75.0 Å². The number of likely N-dealkylation sites (tertiary alicyclic amines) is 1. The standard InChI is InChI=1S/C25H35N3O2/c26-23-6-1-2-7-24(23)27-20-25(12-18-29-19-13-25)21-8-10-22(11-9-21)30-17-5-16-28-14-3-4-15-28/h1-2,6-11,27H,3-5,12-20,26H2. The molecule has 2 heterocycles. The van der Waals surface area contributed by atoms with Gasteiger partial charge in [0.25, 0.3) is 0 Å². The Kier molecular flexibility index (Phi) is 7.13. The molecular formula is C25H35N3O2. The topological polar surface area (TPSA) is 59.8 Å². The fourth-order valence-electron chi connectivity index (χ4n) is 4.64. The number of nitrogens with two attached hydrogens (primary N) is 1. The van der Waals surface area contributed by atoms with E-state index in [4.69, 9.17) is 15.2 Å². The minimum Gasteiger partial charge on any atom is -0.494 e. The summed E-state index contributed by atoms with van der Waals surface area (Å²) in [5.41, 5.74) is 9.31. The predicted octanol–water partition coefficient (Wildman–Crippen LogP) is 4.29. The molecule has 0 aromatic heterocycles. The minimum absolute atomic E-state index is 0.0504. The highest BCUT2D eigenvalue weighted by molar-refractivity contribution is 5.65. The van der Waals surface area contributed by atoms with Crippen molar-refractivity contribution in [3.63, 3.8) is 0 Å². The van der Waals surface area contributed by atoms with Gasteiger partial charge in [0, 0.05) is 31.7 Å². The molecule has 0 amide bonds. The van der Waals surface area contributed by atoms with Crippen LogP contribution >= 0.6 is 0 Å². The molecule has 2 aromatic rings. The van der Waals surface area contributed by atoms with Gasteiger partial charge in [0.05, 0.1) is 18.0 Å². The first-order valence-electron chi connectivity index (χ1n) is 11.4. The zero-order valence-electron chi connectivity index (χ0n) is 17.9. The molecule has 30 heavy (non-hydrogen) atoms. The Balaban J connectivity index is 1.35. The number of nitrogens with one attached hydrogen (secondary N) is 1. The highest BCUT2D eigenvalue weighted by Gasteiger charge is 2.34. The lowest BCUT2D eigenvalue weighted by Gasteiger charge is -2.38. The van der Waals surface area contributed by atoms with Gasteiger partial charge in [0.2, 0.25) is 0 Å². The molecule has 2 aliphatic rings. The van der Waals surface area contributed by atoms with Gasteiger partial charge in [-0.15, -0.1) is 0 Å². The van der Waals surface area contributed by atoms with Crippen LogP contribution in [0.3, 0.4) is 0 Å². The number of hydrogen-bond acceptors (Lipinski definition) is 5. The van der Waals surface area contributed by atoms with Crippen LogP contribution in [0.5, 0.6) is 5.75 Å². The Hall–Kier alpha value is -2.24. The third kappa shape index (κ3) is 5.27. The van der Waals surface area contributed by atoms with Crippen LogP contribution in [0.1, 0.15) is 37.7 Å². The van der Waals surface area contributed by atoms with E-state index in [9.17, 15) is 0 Å². The Morgan fingerprint density at radius 2 is 1.73 bits per heavy atom. The first-order valence-corrected chi connectivity index (χ1v) is 11.4. The summed E-state index contributed by atoms with van der Waals surface area (Å²) >= 11 is 0. The van der Waals surface area contributed by atoms with E-state index < -0.39 is 0 Å². The zero-order valence-corrected chi connectivity index (χ0v) is 17.9. The molecule has 0 bridgehead atoms. The molecule has 0 atom stereocenters. The third-order valence-electron chi connectivity index (χ3n) is 6.58. The Labute approximate surface area is 180 Å². The van der Waals surface area contributed by atoms with Gasteiger partial charge >= 0.3 is 0 Å². The molecular weight excluding hydrogens is 374 g/mol. The number of para-hydroxylation sites is 2. The predicted molar refractivity (Wildman–Crippen MR) is 123 cm³/mol. The van der Waals surface area contributed by atoms with Crippen molar-refractivity contribution in [3.8, 4) is 5.75 Å². The summed E-state index contributed by atoms with van der Waals surface area (Å²) in [5, 5.41) is 3.59. The summed E-state index contributed by atoms with van der Waals surface area (Å²) in [7, 11) is 0. The molecule has 2 aliphatic heterocycles. The van der Waals surface area contributed by atoms with Gasteiger partial charge in [0.1, 0.15) is 5.75 Å². The van der Waals surface area contributed by atoms with Crippen LogP contribution in [0.2, 0.25) is 0 Å². The van der Waals surface area contributed by atoms with E-state index in [1.165, 1.54) is 31.5 Å². The molecule has 5 nitrogen and oxygen atoms in total. The molecule has 0 spiro atoms. The summed E-state index contributed by atoms with van der Waals surface area (Å²) in [6, 6.07) is 16.7. The van der Waals surface area contributed by atoms with E-state index in [1.54, 1.807) is 0 Å². The average Bonchev–Trinajstić information content (AvgIpc) is 3.31. The number of ether oxygens (including phenoxy) is 2. The number of rotatable bonds is 9. The maximum absolute atomic E-state index is 6.13.